The van der Waals surface area contributed by atoms with Crippen LogP contribution in [-0.2, 0) is 14.8 Å². The number of hydrogen-bond donors (Lipinski definition) is 1. The Morgan fingerprint density at radius 2 is 1.64 bits per heavy atom. The topological polar surface area (TPSA) is 88.1 Å². The van der Waals surface area contributed by atoms with Crippen LogP contribution in [0.25, 0.3) is 0 Å². The normalized spacial score (nSPS) is 11.5. The van der Waals surface area contributed by atoms with Gasteiger partial charge in [-0.15, -0.1) is 0 Å². The lowest BCUT2D eigenvalue weighted by Crippen LogP contribution is -2.39. The number of hydrazone groups is 1. The van der Waals surface area contributed by atoms with Gasteiger partial charge in [-0.1, -0.05) is 35.9 Å². The van der Waals surface area contributed by atoms with Crippen LogP contribution in [-0.4, -0.2) is 33.2 Å². The summed E-state index contributed by atoms with van der Waals surface area (Å²) in [5.41, 5.74) is 4.54. The maximum Gasteiger partial charge on any atom is 0.264 e. The van der Waals surface area contributed by atoms with E-state index < -0.39 is 22.5 Å². The summed E-state index contributed by atoms with van der Waals surface area (Å²) in [6.45, 7) is 5.38. The lowest BCUT2D eigenvalue weighted by molar-refractivity contribution is -0.119. The predicted octanol–water partition coefficient (Wildman–Crippen LogP) is 4.13. The van der Waals surface area contributed by atoms with E-state index in [0.29, 0.717) is 5.69 Å². The zero-order valence-electron chi connectivity index (χ0n) is 18.8. The maximum absolute atomic E-state index is 13.3. The second-order valence-electron chi connectivity index (χ2n) is 7.69. The van der Waals surface area contributed by atoms with E-state index in [-0.39, 0.29) is 11.0 Å². The molecule has 3 aromatic rings. The summed E-state index contributed by atoms with van der Waals surface area (Å²) < 4.78 is 33.2. The van der Waals surface area contributed by atoms with Crippen LogP contribution in [0.15, 0.2) is 88.9 Å². The first-order valence-electron chi connectivity index (χ1n) is 10.5. The molecule has 0 saturated carbocycles. The van der Waals surface area contributed by atoms with E-state index in [1.807, 2.05) is 45.0 Å². The van der Waals surface area contributed by atoms with Gasteiger partial charge >= 0.3 is 0 Å². The van der Waals surface area contributed by atoms with Crippen molar-refractivity contribution in [3.8, 4) is 5.75 Å². The van der Waals surface area contributed by atoms with E-state index in [0.717, 1.165) is 21.2 Å². The molecule has 0 radical (unpaired) electrons. The molecule has 0 heterocycles. The molecule has 172 valence electrons. The van der Waals surface area contributed by atoms with Gasteiger partial charge in [0.2, 0.25) is 0 Å². The highest BCUT2D eigenvalue weighted by atomic mass is 32.2. The molecule has 0 atom stereocenters. The van der Waals surface area contributed by atoms with Crippen molar-refractivity contribution >= 4 is 27.8 Å². The minimum absolute atomic E-state index is 0.0763. The van der Waals surface area contributed by atoms with Gasteiger partial charge in [-0.3, -0.25) is 9.10 Å². The van der Waals surface area contributed by atoms with Crippen LogP contribution < -0.4 is 14.5 Å². The van der Waals surface area contributed by atoms with Crippen molar-refractivity contribution in [2.24, 2.45) is 5.10 Å². The lowest BCUT2D eigenvalue weighted by atomic mass is 10.2. The first kappa shape index (κ1) is 24.0. The largest absolute Gasteiger partial charge is 0.491 e. The molecule has 0 saturated heterocycles. The van der Waals surface area contributed by atoms with Crippen molar-refractivity contribution < 1.29 is 17.9 Å². The summed E-state index contributed by atoms with van der Waals surface area (Å²) in [5.74, 6) is 0.178. The summed E-state index contributed by atoms with van der Waals surface area (Å²) >= 11 is 0. The van der Waals surface area contributed by atoms with Crippen LogP contribution in [0.5, 0.6) is 5.75 Å². The standard InChI is InChI=1S/C25H27N3O4S/c1-19(2)32-23-15-11-21(12-16-23)17-26-27-25(29)18-28(22-13-9-20(3)10-14-22)33(30,31)24-7-5-4-6-8-24/h4-17,19H,18H2,1-3H3,(H,27,29)/b26-17-. The predicted molar refractivity (Wildman–Crippen MR) is 130 cm³/mol. The van der Waals surface area contributed by atoms with Gasteiger partial charge in [0.25, 0.3) is 15.9 Å². The molecule has 0 bridgehead atoms. The molecule has 7 nitrogen and oxygen atoms in total. The van der Waals surface area contributed by atoms with Gasteiger partial charge in [-0.25, -0.2) is 13.8 Å². The Balaban J connectivity index is 1.74. The molecular weight excluding hydrogens is 438 g/mol. The second kappa shape index (κ2) is 10.8. The fourth-order valence-electron chi connectivity index (χ4n) is 2.99. The number of anilines is 1. The van der Waals surface area contributed by atoms with E-state index in [9.17, 15) is 13.2 Å². The number of carbonyl (C=O) groups excluding carboxylic acids is 1. The highest BCUT2D eigenvalue weighted by Gasteiger charge is 2.27. The van der Waals surface area contributed by atoms with Crippen LogP contribution >= 0.6 is 0 Å². The molecular formula is C25H27N3O4S. The van der Waals surface area contributed by atoms with Crippen LogP contribution in [0.3, 0.4) is 0 Å². The van der Waals surface area contributed by atoms with Gasteiger partial charge in [0.1, 0.15) is 12.3 Å². The molecule has 0 aliphatic heterocycles. The molecule has 0 aliphatic carbocycles. The van der Waals surface area contributed by atoms with Crippen molar-refractivity contribution in [3.05, 3.63) is 90.0 Å². The summed E-state index contributed by atoms with van der Waals surface area (Å²) in [4.78, 5) is 12.7. The number of hydrogen-bond acceptors (Lipinski definition) is 5. The number of aryl methyl sites for hydroxylation is 1. The Kier molecular flexibility index (Phi) is 7.84. The average molecular weight is 466 g/mol. The van der Waals surface area contributed by atoms with Crippen LogP contribution in [0.1, 0.15) is 25.0 Å². The second-order valence-corrected chi connectivity index (χ2v) is 9.55. The minimum Gasteiger partial charge on any atom is -0.491 e. The Morgan fingerprint density at radius 1 is 1.00 bits per heavy atom. The number of rotatable bonds is 9. The van der Waals surface area contributed by atoms with Crippen molar-refractivity contribution in [3.63, 3.8) is 0 Å². The summed E-state index contributed by atoms with van der Waals surface area (Å²) in [6.07, 6.45) is 1.56. The molecule has 33 heavy (non-hydrogen) atoms. The van der Waals surface area contributed by atoms with Crippen LogP contribution in [0, 0.1) is 6.92 Å². The quantitative estimate of drug-likeness (QED) is 0.380. The monoisotopic (exact) mass is 465 g/mol. The van der Waals surface area contributed by atoms with Gasteiger partial charge in [0.05, 0.1) is 22.9 Å². The third-order valence-corrected chi connectivity index (χ3v) is 6.38. The highest BCUT2D eigenvalue weighted by Crippen LogP contribution is 2.23. The molecule has 0 unspecified atom stereocenters. The number of nitrogens with zero attached hydrogens (tertiary/aromatic N) is 2. The van der Waals surface area contributed by atoms with Crippen LogP contribution in [0.4, 0.5) is 5.69 Å². The van der Waals surface area contributed by atoms with Gasteiger partial charge in [-0.05, 0) is 74.9 Å². The molecule has 0 spiro atoms. The third-order valence-electron chi connectivity index (χ3n) is 4.60. The maximum atomic E-state index is 13.3. The van der Waals surface area contributed by atoms with Crippen molar-refractivity contribution in [2.75, 3.05) is 10.8 Å². The molecule has 3 rings (SSSR count). The van der Waals surface area contributed by atoms with E-state index in [4.69, 9.17) is 4.74 Å². The van der Waals surface area contributed by atoms with Gasteiger partial charge in [0.15, 0.2) is 0 Å². The molecule has 0 aromatic heterocycles. The molecule has 1 amide bonds. The Labute approximate surface area is 194 Å². The van der Waals surface area contributed by atoms with E-state index >= 15 is 0 Å². The minimum atomic E-state index is -3.95. The number of nitrogens with one attached hydrogen (secondary N) is 1. The van der Waals surface area contributed by atoms with E-state index in [1.165, 1.54) is 18.3 Å². The van der Waals surface area contributed by atoms with E-state index in [2.05, 4.69) is 10.5 Å². The first-order valence-corrected chi connectivity index (χ1v) is 11.9. The Bertz CT molecular complexity index is 1190. The zero-order valence-corrected chi connectivity index (χ0v) is 19.6. The zero-order chi connectivity index (χ0) is 23.8. The highest BCUT2D eigenvalue weighted by molar-refractivity contribution is 7.92. The summed E-state index contributed by atoms with van der Waals surface area (Å²) in [5, 5.41) is 3.96. The number of benzene rings is 3. The average Bonchev–Trinajstić information content (AvgIpc) is 2.79. The van der Waals surface area contributed by atoms with Crippen molar-refractivity contribution in [1.29, 1.82) is 0 Å². The third kappa shape index (κ3) is 6.66. The van der Waals surface area contributed by atoms with Gasteiger partial charge < -0.3 is 4.74 Å². The number of ether oxygens (including phenoxy) is 1. The smallest absolute Gasteiger partial charge is 0.264 e. The Hall–Kier alpha value is -3.65. The number of sulfonamides is 1. The fourth-order valence-corrected chi connectivity index (χ4v) is 4.44. The fraction of sp³-hybridized carbons (Fsp3) is 0.200. The van der Waals surface area contributed by atoms with Gasteiger partial charge in [0, 0.05) is 0 Å². The number of amides is 1. The van der Waals surface area contributed by atoms with Crippen molar-refractivity contribution in [2.45, 2.75) is 31.8 Å². The molecule has 8 heteroatoms. The first-order chi connectivity index (χ1) is 15.8. The van der Waals surface area contributed by atoms with Crippen LogP contribution in [0.2, 0.25) is 0 Å². The lowest BCUT2D eigenvalue weighted by Gasteiger charge is -2.23. The Morgan fingerprint density at radius 3 is 2.24 bits per heavy atom. The molecule has 1 N–H and O–H groups in total. The SMILES string of the molecule is Cc1ccc(N(CC(=O)N/N=C\c2ccc(OC(C)C)cc2)S(=O)(=O)c2ccccc2)cc1. The molecule has 3 aromatic carbocycles. The number of carbonyl (C=O) groups is 1. The summed E-state index contributed by atoms with van der Waals surface area (Å²) in [7, 11) is -3.95. The van der Waals surface area contributed by atoms with E-state index in [1.54, 1.807) is 42.5 Å². The van der Waals surface area contributed by atoms with Crippen molar-refractivity contribution in [1.82, 2.24) is 5.43 Å². The van der Waals surface area contributed by atoms with Gasteiger partial charge in [-0.2, -0.15) is 5.10 Å². The summed E-state index contributed by atoms with van der Waals surface area (Å²) in [6, 6.07) is 22.2. The molecule has 0 aliphatic rings. The molecule has 0 fully saturated rings.